The Kier molecular flexibility index (Phi) is 7.51. The fourth-order valence-corrected chi connectivity index (χ4v) is 5.36. The molecule has 0 saturated carbocycles. The van der Waals surface area contributed by atoms with Crippen LogP contribution in [-0.4, -0.2) is 37.0 Å². The van der Waals surface area contributed by atoms with Crippen LogP contribution in [0.25, 0.3) is 0 Å². The molecule has 2 saturated heterocycles. The molecule has 2 fully saturated rings. The van der Waals surface area contributed by atoms with E-state index in [0.717, 1.165) is 13.1 Å². The van der Waals surface area contributed by atoms with Gasteiger partial charge in [-0.1, -0.05) is 0 Å². The minimum absolute atomic E-state index is 0.620. The monoisotopic (exact) mass is 408 g/mol. The summed E-state index contributed by atoms with van der Waals surface area (Å²) in [6.07, 6.45) is 19.7. The Balaban J connectivity index is 1.18. The lowest BCUT2D eigenvalue weighted by atomic mass is 10.1. The molecular weight excluding hydrogens is 368 g/mol. The minimum atomic E-state index is 0.620. The summed E-state index contributed by atoms with van der Waals surface area (Å²) in [5, 5.41) is 0. The minimum Gasteiger partial charge on any atom is -0.299 e. The van der Waals surface area contributed by atoms with E-state index >= 15 is 0 Å². The maximum absolute atomic E-state index is 2.50. The first kappa shape index (κ1) is 21.5. The summed E-state index contributed by atoms with van der Waals surface area (Å²) in [6.45, 7) is 4.75. The third kappa shape index (κ3) is 5.47. The van der Waals surface area contributed by atoms with E-state index in [4.69, 9.17) is 0 Å². The summed E-state index contributed by atoms with van der Waals surface area (Å²) in [5.41, 5.74) is 2.98. The number of likely N-dealkylation sites (tertiary alicyclic amines) is 2. The molecule has 4 rings (SSSR count). The first-order valence-corrected chi connectivity index (χ1v) is 12.1. The maximum atomic E-state index is 2.50. The van der Waals surface area contributed by atoms with Crippen molar-refractivity contribution in [1.82, 2.24) is 9.80 Å². The van der Waals surface area contributed by atoms with Crippen LogP contribution >= 0.6 is 0 Å². The van der Waals surface area contributed by atoms with E-state index in [1.807, 2.05) is 0 Å². The molecule has 0 aromatic carbocycles. The van der Waals surface area contributed by atoms with Crippen LogP contribution in [-0.2, 0) is 13.1 Å². The predicted octanol–water partition coefficient (Wildman–Crippen LogP) is 4.06. The summed E-state index contributed by atoms with van der Waals surface area (Å²) in [4.78, 5) is 4.99. The lowest BCUT2D eigenvalue weighted by Gasteiger charge is -2.18. The molecule has 2 aromatic rings. The van der Waals surface area contributed by atoms with Crippen LogP contribution in [0.1, 0.15) is 74.6 Å². The standard InChI is InChI=1S/C26H40N4/c1-27-15-9-13-25(27)23-11-7-19-29(21-23)17-5-3-4-6-18-30-20-8-12-24(22-30)26-14-10-16-28(26)2/h7-8,11-12,19-22,25-26H,3-6,9-10,13-18H2,1-2H3/q+2/t25-,26-/m0/s1. The van der Waals surface area contributed by atoms with Crippen LogP contribution in [0, 0.1) is 0 Å². The van der Waals surface area contributed by atoms with Crippen LogP contribution in [0.3, 0.4) is 0 Å². The van der Waals surface area contributed by atoms with Gasteiger partial charge in [-0.15, -0.1) is 0 Å². The topological polar surface area (TPSA) is 14.2 Å². The Morgan fingerprint density at radius 1 is 0.733 bits per heavy atom. The van der Waals surface area contributed by atoms with Gasteiger partial charge < -0.3 is 0 Å². The van der Waals surface area contributed by atoms with Crippen molar-refractivity contribution in [2.45, 2.75) is 76.5 Å². The molecule has 4 heteroatoms. The average molecular weight is 409 g/mol. The normalized spacial score (nSPS) is 22.7. The van der Waals surface area contributed by atoms with Crippen LogP contribution in [0.2, 0.25) is 0 Å². The molecule has 0 spiro atoms. The number of pyridine rings is 2. The van der Waals surface area contributed by atoms with Crippen molar-refractivity contribution >= 4 is 0 Å². The quantitative estimate of drug-likeness (QED) is 0.459. The van der Waals surface area contributed by atoms with E-state index in [2.05, 4.69) is 82.1 Å². The van der Waals surface area contributed by atoms with Gasteiger partial charge in [0.1, 0.15) is 13.1 Å². The van der Waals surface area contributed by atoms with Gasteiger partial charge in [-0.05, 0) is 77.8 Å². The molecule has 0 aliphatic carbocycles. The molecule has 2 aromatic heterocycles. The second kappa shape index (κ2) is 10.5. The first-order chi connectivity index (χ1) is 14.7. The van der Waals surface area contributed by atoms with Gasteiger partial charge in [-0.3, -0.25) is 9.80 Å². The number of hydrogen-bond donors (Lipinski definition) is 0. The molecule has 4 nitrogen and oxygen atoms in total. The molecule has 30 heavy (non-hydrogen) atoms. The van der Waals surface area contributed by atoms with E-state index in [-0.39, 0.29) is 0 Å². The number of nitrogens with zero attached hydrogens (tertiary/aromatic N) is 4. The highest BCUT2D eigenvalue weighted by Crippen LogP contribution is 2.30. The first-order valence-electron chi connectivity index (χ1n) is 12.1. The zero-order valence-corrected chi connectivity index (χ0v) is 19.0. The summed E-state index contributed by atoms with van der Waals surface area (Å²) in [6, 6.07) is 10.3. The van der Waals surface area contributed by atoms with E-state index < -0.39 is 0 Å². The fourth-order valence-electron chi connectivity index (χ4n) is 5.36. The van der Waals surface area contributed by atoms with Crippen molar-refractivity contribution in [3.05, 3.63) is 60.2 Å². The smallest absolute Gasteiger partial charge is 0.173 e. The lowest BCUT2D eigenvalue weighted by molar-refractivity contribution is -0.699. The Morgan fingerprint density at radius 3 is 1.60 bits per heavy atom. The van der Waals surface area contributed by atoms with Crippen LogP contribution in [0.15, 0.2) is 49.1 Å². The fraction of sp³-hybridized carbons (Fsp3) is 0.615. The van der Waals surface area contributed by atoms with Crippen molar-refractivity contribution in [2.24, 2.45) is 0 Å². The Hall–Kier alpha value is -1.78. The van der Waals surface area contributed by atoms with Gasteiger partial charge in [-0.25, -0.2) is 9.13 Å². The second-order valence-electron chi connectivity index (χ2n) is 9.44. The van der Waals surface area contributed by atoms with Crippen LogP contribution in [0.5, 0.6) is 0 Å². The predicted molar refractivity (Wildman–Crippen MR) is 121 cm³/mol. The molecule has 2 aliphatic rings. The van der Waals surface area contributed by atoms with Gasteiger partial charge >= 0.3 is 0 Å². The van der Waals surface area contributed by atoms with E-state index in [1.165, 1.54) is 75.6 Å². The molecule has 0 radical (unpaired) electrons. The summed E-state index contributed by atoms with van der Waals surface area (Å²) < 4.78 is 4.80. The Bertz CT molecular complexity index is 738. The molecule has 4 heterocycles. The summed E-state index contributed by atoms with van der Waals surface area (Å²) >= 11 is 0. The zero-order chi connectivity index (χ0) is 20.8. The second-order valence-corrected chi connectivity index (χ2v) is 9.44. The van der Waals surface area contributed by atoms with Crippen molar-refractivity contribution < 1.29 is 9.13 Å². The maximum Gasteiger partial charge on any atom is 0.173 e. The molecule has 2 atom stereocenters. The number of unbranched alkanes of at least 4 members (excludes halogenated alkanes) is 3. The van der Waals surface area contributed by atoms with Gasteiger partial charge in [0.2, 0.25) is 0 Å². The van der Waals surface area contributed by atoms with Crippen molar-refractivity contribution in [3.63, 3.8) is 0 Å². The van der Waals surface area contributed by atoms with E-state index in [1.54, 1.807) is 0 Å². The third-order valence-electron chi connectivity index (χ3n) is 7.16. The van der Waals surface area contributed by atoms with E-state index in [9.17, 15) is 0 Å². The summed E-state index contributed by atoms with van der Waals surface area (Å²) in [5.74, 6) is 0. The molecule has 0 unspecified atom stereocenters. The van der Waals surface area contributed by atoms with Crippen molar-refractivity contribution in [1.29, 1.82) is 0 Å². The molecule has 0 bridgehead atoms. The highest BCUT2D eigenvalue weighted by Gasteiger charge is 2.25. The number of rotatable bonds is 9. The molecule has 0 N–H and O–H groups in total. The third-order valence-corrected chi connectivity index (χ3v) is 7.16. The number of hydrogen-bond acceptors (Lipinski definition) is 2. The van der Waals surface area contributed by atoms with Crippen molar-refractivity contribution in [2.75, 3.05) is 27.2 Å². The SMILES string of the molecule is CN1CCC[C@H]1c1ccc[n+](CCCCCC[n+]2cccc([C@@H]3CCCN3C)c2)c1. The number of aromatic nitrogens is 2. The highest BCUT2D eigenvalue weighted by molar-refractivity contribution is 5.13. The van der Waals surface area contributed by atoms with Gasteiger partial charge in [0, 0.05) is 48.2 Å². The Morgan fingerprint density at radius 2 is 1.20 bits per heavy atom. The van der Waals surface area contributed by atoms with Crippen molar-refractivity contribution in [3.8, 4) is 0 Å². The average Bonchev–Trinajstić information content (AvgIpc) is 3.39. The van der Waals surface area contributed by atoms with Crippen LogP contribution < -0.4 is 9.13 Å². The van der Waals surface area contributed by atoms with Gasteiger partial charge in [-0.2, -0.15) is 0 Å². The zero-order valence-electron chi connectivity index (χ0n) is 19.0. The molecule has 162 valence electrons. The highest BCUT2D eigenvalue weighted by atomic mass is 15.2. The molecular formula is C26H40N4+2. The van der Waals surface area contributed by atoms with E-state index in [0.29, 0.717) is 12.1 Å². The van der Waals surface area contributed by atoms with Gasteiger partial charge in [0.05, 0.1) is 0 Å². The van der Waals surface area contributed by atoms with Crippen LogP contribution in [0.4, 0.5) is 0 Å². The molecule has 2 aliphatic heterocycles. The molecule has 0 amide bonds. The lowest BCUT2D eigenvalue weighted by Crippen LogP contribution is -2.35. The largest absolute Gasteiger partial charge is 0.299 e. The van der Waals surface area contributed by atoms with Gasteiger partial charge in [0.25, 0.3) is 0 Å². The van der Waals surface area contributed by atoms with Gasteiger partial charge in [0.15, 0.2) is 24.8 Å². The summed E-state index contributed by atoms with van der Waals surface area (Å²) in [7, 11) is 4.52. The number of aryl methyl sites for hydroxylation is 2. The Labute approximate surface area is 183 Å².